The molecule has 122 valence electrons. The Morgan fingerprint density at radius 1 is 1.29 bits per heavy atom. The summed E-state index contributed by atoms with van der Waals surface area (Å²) in [6, 6.07) is 0.157. The molecule has 0 unspecified atom stereocenters. The zero-order valence-corrected chi connectivity index (χ0v) is 13.6. The fourth-order valence-corrected chi connectivity index (χ4v) is 2.13. The first-order valence-corrected chi connectivity index (χ1v) is 7.76. The first kappa shape index (κ1) is 17.7. The largest absolute Gasteiger partial charge is 0.369 e. The molecule has 1 aliphatic heterocycles. The van der Waals surface area contributed by atoms with Gasteiger partial charge in [0.25, 0.3) is 0 Å². The summed E-state index contributed by atoms with van der Waals surface area (Å²) < 4.78 is 5.33. The summed E-state index contributed by atoms with van der Waals surface area (Å²) >= 11 is 0. The number of ether oxygens (including phenoxy) is 1. The second-order valence-electron chi connectivity index (χ2n) is 6.13. The van der Waals surface area contributed by atoms with Crippen molar-refractivity contribution in [3.05, 3.63) is 12.2 Å². The van der Waals surface area contributed by atoms with E-state index in [2.05, 4.69) is 5.32 Å². The molecule has 0 aliphatic carbocycles. The van der Waals surface area contributed by atoms with Crippen LogP contribution in [0.5, 0.6) is 0 Å². The van der Waals surface area contributed by atoms with Gasteiger partial charge in [-0.05, 0) is 38.7 Å². The summed E-state index contributed by atoms with van der Waals surface area (Å²) in [5.41, 5.74) is 0. The van der Waals surface area contributed by atoms with E-state index in [1.54, 1.807) is 6.08 Å². The molecule has 5 heteroatoms. The summed E-state index contributed by atoms with van der Waals surface area (Å²) in [6.07, 6.45) is 5.15. The molecule has 0 aromatic carbocycles. The standard InChI is InChI=1S/C16H28N2O3.H2/c1-12(2)5-6-15(19)17-14-7-9-18(10-8-14)16(20)11-21-13(3)4;/h5-6,12-14H,7-11H2,1-4H3,(H,17,19);1H/b6-5+;. The normalized spacial score (nSPS) is 17.0. The van der Waals surface area contributed by atoms with Gasteiger partial charge in [0, 0.05) is 20.6 Å². The minimum absolute atomic E-state index is 0. The zero-order chi connectivity index (χ0) is 15.8. The molecular formula is C16H30N2O3. The van der Waals surface area contributed by atoms with Gasteiger partial charge in [-0.3, -0.25) is 9.59 Å². The van der Waals surface area contributed by atoms with Crippen molar-refractivity contribution in [1.82, 2.24) is 10.2 Å². The number of allylic oxidation sites excluding steroid dienone is 1. The van der Waals surface area contributed by atoms with Gasteiger partial charge in [-0.15, -0.1) is 0 Å². The predicted octanol–water partition coefficient (Wildman–Crippen LogP) is 1.98. The maximum atomic E-state index is 11.9. The monoisotopic (exact) mass is 298 g/mol. The second kappa shape index (κ2) is 8.82. The van der Waals surface area contributed by atoms with E-state index in [4.69, 9.17) is 4.74 Å². The summed E-state index contributed by atoms with van der Waals surface area (Å²) in [6.45, 7) is 9.41. The van der Waals surface area contributed by atoms with E-state index in [1.807, 2.05) is 38.7 Å². The van der Waals surface area contributed by atoms with E-state index in [-0.39, 0.29) is 32.0 Å². The molecule has 1 saturated heterocycles. The molecule has 2 amide bonds. The Balaban J connectivity index is 0.00000441. The average Bonchev–Trinajstić information content (AvgIpc) is 2.43. The lowest BCUT2D eigenvalue weighted by Crippen LogP contribution is -2.47. The van der Waals surface area contributed by atoms with Gasteiger partial charge in [0.05, 0.1) is 6.10 Å². The zero-order valence-electron chi connectivity index (χ0n) is 13.6. The molecule has 0 saturated carbocycles. The molecule has 0 aromatic rings. The van der Waals surface area contributed by atoms with Crippen molar-refractivity contribution in [3.8, 4) is 0 Å². The number of carbonyl (C=O) groups excluding carboxylic acids is 2. The Morgan fingerprint density at radius 2 is 1.90 bits per heavy atom. The van der Waals surface area contributed by atoms with E-state index < -0.39 is 0 Å². The van der Waals surface area contributed by atoms with Crippen molar-refractivity contribution >= 4 is 11.8 Å². The molecule has 0 radical (unpaired) electrons. The fraction of sp³-hybridized carbons (Fsp3) is 0.750. The summed E-state index contributed by atoms with van der Waals surface area (Å²) in [4.78, 5) is 25.4. The van der Waals surface area contributed by atoms with Crippen molar-refractivity contribution in [2.45, 2.75) is 52.7 Å². The van der Waals surface area contributed by atoms with Crippen LogP contribution in [0.15, 0.2) is 12.2 Å². The molecule has 0 spiro atoms. The highest BCUT2D eigenvalue weighted by atomic mass is 16.5. The van der Waals surface area contributed by atoms with Crippen LogP contribution in [0.2, 0.25) is 0 Å². The number of rotatable bonds is 6. The van der Waals surface area contributed by atoms with Gasteiger partial charge in [-0.25, -0.2) is 0 Å². The fourth-order valence-electron chi connectivity index (χ4n) is 2.13. The van der Waals surface area contributed by atoms with E-state index in [0.29, 0.717) is 19.0 Å². The van der Waals surface area contributed by atoms with Crippen LogP contribution in [-0.2, 0) is 14.3 Å². The van der Waals surface area contributed by atoms with Crippen LogP contribution in [0.3, 0.4) is 0 Å². The number of amides is 2. The van der Waals surface area contributed by atoms with E-state index in [9.17, 15) is 9.59 Å². The lowest BCUT2D eigenvalue weighted by molar-refractivity contribution is -0.138. The Bertz CT molecular complexity index is 376. The van der Waals surface area contributed by atoms with Crippen LogP contribution in [0.25, 0.3) is 0 Å². The smallest absolute Gasteiger partial charge is 0.248 e. The molecule has 5 nitrogen and oxygen atoms in total. The molecule has 1 fully saturated rings. The molecule has 1 aliphatic rings. The van der Waals surface area contributed by atoms with Crippen LogP contribution in [0, 0.1) is 5.92 Å². The summed E-state index contributed by atoms with van der Waals surface area (Å²) in [5, 5.41) is 2.99. The number of piperidine rings is 1. The quantitative estimate of drug-likeness (QED) is 0.763. The third kappa shape index (κ3) is 7.27. The Kier molecular flexibility index (Phi) is 7.43. The molecule has 0 atom stereocenters. The Hall–Kier alpha value is -1.36. The van der Waals surface area contributed by atoms with Gasteiger partial charge in [0.2, 0.25) is 11.8 Å². The van der Waals surface area contributed by atoms with E-state index in [0.717, 1.165) is 12.8 Å². The van der Waals surface area contributed by atoms with Gasteiger partial charge in [0.15, 0.2) is 0 Å². The second-order valence-corrected chi connectivity index (χ2v) is 6.13. The minimum Gasteiger partial charge on any atom is -0.369 e. The highest BCUT2D eigenvalue weighted by molar-refractivity contribution is 5.87. The van der Waals surface area contributed by atoms with Gasteiger partial charge in [0.1, 0.15) is 6.61 Å². The Morgan fingerprint density at radius 3 is 2.43 bits per heavy atom. The van der Waals surface area contributed by atoms with Crippen LogP contribution < -0.4 is 5.32 Å². The van der Waals surface area contributed by atoms with Crippen LogP contribution in [0.4, 0.5) is 0 Å². The van der Waals surface area contributed by atoms with Crippen molar-refractivity contribution in [2.24, 2.45) is 5.92 Å². The van der Waals surface area contributed by atoms with Crippen molar-refractivity contribution < 1.29 is 15.8 Å². The molecule has 21 heavy (non-hydrogen) atoms. The highest BCUT2D eigenvalue weighted by Gasteiger charge is 2.23. The minimum atomic E-state index is -0.0448. The van der Waals surface area contributed by atoms with Crippen LogP contribution in [-0.4, -0.2) is 48.6 Å². The third-order valence-electron chi connectivity index (χ3n) is 3.37. The van der Waals surface area contributed by atoms with Crippen molar-refractivity contribution in [2.75, 3.05) is 19.7 Å². The summed E-state index contributed by atoms with van der Waals surface area (Å²) in [5.74, 6) is 0.362. The Labute approximate surface area is 129 Å². The first-order valence-electron chi connectivity index (χ1n) is 7.76. The van der Waals surface area contributed by atoms with E-state index in [1.165, 1.54) is 0 Å². The number of likely N-dealkylation sites (tertiary alicyclic amines) is 1. The number of nitrogens with zero attached hydrogens (tertiary/aromatic N) is 1. The number of nitrogens with one attached hydrogen (secondary N) is 1. The van der Waals surface area contributed by atoms with Gasteiger partial charge < -0.3 is 15.0 Å². The average molecular weight is 298 g/mol. The van der Waals surface area contributed by atoms with Crippen molar-refractivity contribution in [1.29, 1.82) is 0 Å². The molecular weight excluding hydrogens is 268 g/mol. The lowest BCUT2D eigenvalue weighted by Gasteiger charge is -2.32. The first-order chi connectivity index (χ1) is 9.88. The van der Waals surface area contributed by atoms with Crippen molar-refractivity contribution in [3.63, 3.8) is 0 Å². The number of carbonyl (C=O) groups is 2. The lowest BCUT2D eigenvalue weighted by atomic mass is 10.0. The highest BCUT2D eigenvalue weighted by Crippen LogP contribution is 2.11. The molecule has 1 rings (SSSR count). The molecule has 1 heterocycles. The molecule has 0 bridgehead atoms. The van der Waals surface area contributed by atoms with E-state index >= 15 is 0 Å². The summed E-state index contributed by atoms with van der Waals surface area (Å²) in [7, 11) is 0. The van der Waals surface area contributed by atoms with Gasteiger partial charge in [-0.2, -0.15) is 0 Å². The van der Waals surface area contributed by atoms with Gasteiger partial charge >= 0.3 is 0 Å². The van der Waals surface area contributed by atoms with Crippen LogP contribution in [0.1, 0.15) is 42.0 Å². The maximum absolute atomic E-state index is 11.9. The molecule has 1 N–H and O–H groups in total. The predicted molar refractivity (Wildman–Crippen MR) is 84.9 cm³/mol. The third-order valence-corrected chi connectivity index (χ3v) is 3.37. The number of hydrogen-bond donors (Lipinski definition) is 1. The number of hydrogen-bond acceptors (Lipinski definition) is 3. The topological polar surface area (TPSA) is 58.6 Å². The molecule has 0 aromatic heterocycles. The maximum Gasteiger partial charge on any atom is 0.248 e. The van der Waals surface area contributed by atoms with Gasteiger partial charge in [-0.1, -0.05) is 19.9 Å². The SMILES string of the molecule is CC(C)/C=C/C(=O)NC1CCN(C(=O)COC(C)C)CC1.[HH]. The van der Waals surface area contributed by atoms with Crippen LogP contribution >= 0.6 is 0 Å².